The lowest BCUT2D eigenvalue weighted by Gasteiger charge is -2.34. The first kappa shape index (κ1) is 21.0. The molecule has 1 aliphatic heterocycles. The molecule has 2 aromatic rings. The smallest absolute Gasteiger partial charge is 0.227 e. The van der Waals surface area contributed by atoms with Gasteiger partial charge in [0.05, 0.1) is 25.1 Å². The molecule has 1 aliphatic rings. The summed E-state index contributed by atoms with van der Waals surface area (Å²) in [7, 11) is 0. The third kappa shape index (κ3) is 5.64. The normalized spacial score (nSPS) is 14.7. The third-order valence-electron chi connectivity index (χ3n) is 5.10. The van der Waals surface area contributed by atoms with E-state index in [9.17, 15) is 14.0 Å². The molecule has 3 rings (SSSR count). The Hall–Kier alpha value is -2.73. The Morgan fingerprint density at radius 1 is 1.03 bits per heavy atom. The third-order valence-corrected chi connectivity index (χ3v) is 5.10. The molecule has 6 heteroatoms. The van der Waals surface area contributed by atoms with Crippen molar-refractivity contribution in [1.29, 1.82) is 0 Å². The van der Waals surface area contributed by atoms with Crippen LogP contribution in [0.3, 0.4) is 0 Å². The predicted octanol–water partition coefficient (Wildman–Crippen LogP) is 3.10. The van der Waals surface area contributed by atoms with Crippen molar-refractivity contribution in [3.63, 3.8) is 0 Å². The maximum Gasteiger partial charge on any atom is 0.227 e. The Morgan fingerprint density at radius 2 is 1.72 bits per heavy atom. The maximum atomic E-state index is 13.9. The molecular formula is C23H27FN2O3. The number of carbonyl (C=O) groups is 2. The number of nitrogens with zero attached hydrogens (tertiary/aromatic N) is 2. The summed E-state index contributed by atoms with van der Waals surface area (Å²) >= 11 is 0. The molecule has 2 aromatic carbocycles. The number of amides is 1. The van der Waals surface area contributed by atoms with Crippen LogP contribution >= 0.6 is 0 Å². The lowest BCUT2D eigenvalue weighted by atomic mass is 10.1. The molecule has 5 nitrogen and oxygen atoms in total. The highest BCUT2D eigenvalue weighted by Crippen LogP contribution is 2.15. The van der Waals surface area contributed by atoms with Gasteiger partial charge in [0.15, 0.2) is 5.78 Å². The molecule has 0 radical (unpaired) electrons. The summed E-state index contributed by atoms with van der Waals surface area (Å²) in [4.78, 5) is 28.8. The summed E-state index contributed by atoms with van der Waals surface area (Å²) in [6, 6.07) is 12.2. The predicted molar refractivity (Wildman–Crippen MR) is 110 cm³/mol. The van der Waals surface area contributed by atoms with Crippen molar-refractivity contribution in [3.05, 3.63) is 65.0 Å². The Labute approximate surface area is 171 Å². The molecule has 1 amide bonds. The van der Waals surface area contributed by atoms with Gasteiger partial charge in [0.2, 0.25) is 5.91 Å². The standard InChI is InChI=1S/C23H27FN2O3/c1-3-29-19-7-5-18(6-8-19)15-23(28)26-12-10-25(11-13-26)16-22(27)20-14-17(2)4-9-21(20)24/h4-9,14H,3,10-13,15-16H2,1-2H3. The average molecular weight is 398 g/mol. The second-order valence-electron chi connectivity index (χ2n) is 7.32. The molecule has 0 N–H and O–H groups in total. The van der Waals surface area contributed by atoms with Gasteiger partial charge in [-0.2, -0.15) is 0 Å². The van der Waals surface area contributed by atoms with Crippen molar-refractivity contribution in [1.82, 2.24) is 9.80 Å². The summed E-state index contributed by atoms with van der Waals surface area (Å²) in [6.45, 7) is 6.90. The fourth-order valence-electron chi connectivity index (χ4n) is 3.45. The molecule has 154 valence electrons. The van der Waals surface area contributed by atoms with Crippen LogP contribution in [0.5, 0.6) is 5.75 Å². The van der Waals surface area contributed by atoms with E-state index < -0.39 is 5.82 Å². The second kappa shape index (κ2) is 9.65. The van der Waals surface area contributed by atoms with Crippen LogP contribution in [0.4, 0.5) is 4.39 Å². The van der Waals surface area contributed by atoms with Gasteiger partial charge in [-0.15, -0.1) is 0 Å². The van der Waals surface area contributed by atoms with E-state index in [-0.39, 0.29) is 23.8 Å². The molecule has 0 aliphatic carbocycles. The van der Waals surface area contributed by atoms with E-state index in [0.717, 1.165) is 16.9 Å². The zero-order chi connectivity index (χ0) is 20.8. The molecule has 0 aromatic heterocycles. The number of hydrogen-bond acceptors (Lipinski definition) is 4. The first-order chi connectivity index (χ1) is 14.0. The fourth-order valence-corrected chi connectivity index (χ4v) is 3.45. The molecule has 0 saturated carbocycles. The summed E-state index contributed by atoms with van der Waals surface area (Å²) in [5.74, 6) is 0.169. The Balaban J connectivity index is 1.48. The number of ether oxygens (including phenoxy) is 1. The molecule has 1 heterocycles. The van der Waals surface area contributed by atoms with Crippen LogP contribution < -0.4 is 4.74 Å². The molecule has 0 unspecified atom stereocenters. The van der Waals surface area contributed by atoms with Crippen molar-refractivity contribution in [2.75, 3.05) is 39.3 Å². The molecular weight excluding hydrogens is 371 g/mol. The highest BCUT2D eigenvalue weighted by molar-refractivity contribution is 5.98. The number of halogens is 1. The van der Waals surface area contributed by atoms with Crippen LogP contribution in [-0.4, -0.2) is 60.8 Å². The number of carbonyl (C=O) groups excluding carboxylic acids is 2. The van der Waals surface area contributed by atoms with Crippen molar-refractivity contribution in [2.45, 2.75) is 20.3 Å². The summed E-state index contributed by atoms with van der Waals surface area (Å²) in [5, 5.41) is 0. The van der Waals surface area contributed by atoms with Crippen LogP contribution in [0, 0.1) is 12.7 Å². The van der Waals surface area contributed by atoms with Gasteiger partial charge in [-0.3, -0.25) is 14.5 Å². The largest absolute Gasteiger partial charge is 0.494 e. The minimum atomic E-state index is -0.482. The van der Waals surface area contributed by atoms with Gasteiger partial charge < -0.3 is 9.64 Å². The lowest BCUT2D eigenvalue weighted by Crippen LogP contribution is -2.50. The second-order valence-corrected chi connectivity index (χ2v) is 7.32. The Morgan fingerprint density at radius 3 is 2.38 bits per heavy atom. The first-order valence-electron chi connectivity index (χ1n) is 9.97. The number of aryl methyl sites for hydroxylation is 1. The van der Waals surface area contributed by atoms with Crippen molar-refractivity contribution in [2.24, 2.45) is 0 Å². The average Bonchev–Trinajstić information content (AvgIpc) is 2.72. The van der Waals surface area contributed by atoms with Crippen molar-refractivity contribution < 1.29 is 18.7 Å². The Bertz CT molecular complexity index is 859. The quantitative estimate of drug-likeness (QED) is 0.673. The highest BCUT2D eigenvalue weighted by atomic mass is 19.1. The zero-order valence-electron chi connectivity index (χ0n) is 17.0. The fraction of sp³-hybridized carbons (Fsp3) is 0.391. The molecule has 0 spiro atoms. The summed E-state index contributed by atoms with van der Waals surface area (Å²) < 4.78 is 19.3. The van der Waals surface area contributed by atoms with Crippen molar-refractivity contribution in [3.8, 4) is 5.75 Å². The SMILES string of the molecule is CCOc1ccc(CC(=O)N2CCN(CC(=O)c3cc(C)ccc3F)CC2)cc1. The topological polar surface area (TPSA) is 49.9 Å². The lowest BCUT2D eigenvalue weighted by molar-refractivity contribution is -0.132. The molecule has 1 saturated heterocycles. The van der Waals surface area contributed by atoms with E-state index >= 15 is 0 Å². The molecule has 0 atom stereocenters. The van der Waals surface area contributed by atoms with Crippen LogP contribution in [0.15, 0.2) is 42.5 Å². The maximum absolute atomic E-state index is 13.9. The van der Waals surface area contributed by atoms with Gasteiger partial charge >= 0.3 is 0 Å². The van der Waals surface area contributed by atoms with Crippen LogP contribution in [-0.2, 0) is 11.2 Å². The van der Waals surface area contributed by atoms with Crippen LogP contribution in [0.2, 0.25) is 0 Å². The molecule has 1 fully saturated rings. The van der Waals surface area contributed by atoms with Gasteiger partial charge in [-0.25, -0.2) is 4.39 Å². The van der Waals surface area contributed by atoms with Crippen LogP contribution in [0.1, 0.15) is 28.4 Å². The van der Waals surface area contributed by atoms with Crippen LogP contribution in [0.25, 0.3) is 0 Å². The Kier molecular flexibility index (Phi) is 6.99. The van der Waals surface area contributed by atoms with E-state index in [1.165, 1.54) is 6.07 Å². The molecule has 29 heavy (non-hydrogen) atoms. The van der Waals surface area contributed by atoms with Crippen molar-refractivity contribution >= 4 is 11.7 Å². The number of Topliss-reactive ketones (excluding diaryl/α,β-unsaturated/α-hetero) is 1. The number of rotatable bonds is 7. The number of ketones is 1. The van der Waals surface area contributed by atoms with Gasteiger partial charge in [0.1, 0.15) is 11.6 Å². The van der Waals surface area contributed by atoms with Gasteiger partial charge in [-0.1, -0.05) is 23.8 Å². The first-order valence-corrected chi connectivity index (χ1v) is 9.97. The monoisotopic (exact) mass is 398 g/mol. The number of piperazine rings is 1. The molecule has 0 bridgehead atoms. The van der Waals surface area contributed by atoms with Gasteiger partial charge in [0, 0.05) is 26.2 Å². The minimum absolute atomic E-state index is 0.0739. The van der Waals surface area contributed by atoms with Gasteiger partial charge in [-0.05, 0) is 43.7 Å². The van der Waals surface area contributed by atoms with E-state index in [2.05, 4.69) is 0 Å². The van der Waals surface area contributed by atoms with E-state index in [1.54, 1.807) is 12.1 Å². The summed E-state index contributed by atoms with van der Waals surface area (Å²) in [5.41, 5.74) is 1.95. The number of hydrogen-bond donors (Lipinski definition) is 0. The number of benzene rings is 2. The zero-order valence-corrected chi connectivity index (χ0v) is 17.0. The van der Waals surface area contributed by atoms with E-state index in [4.69, 9.17) is 4.74 Å². The summed E-state index contributed by atoms with van der Waals surface area (Å²) in [6.07, 6.45) is 0.347. The highest BCUT2D eigenvalue weighted by Gasteiger charge is 2.23. The van der Waals surface area contributed by atoms with E-state index in [0.29, 0.717) is 39.2 Å². The van der Waals surface area contributed by atoms with E-state index in [1.807, 2.05) is 47.9 Å². The minimum Gasteiger partial charge on any atom is -0.494 e. The van der Waals surface area contributed by atoms with Gasteiger partial charge in [0.25, 0.3) is 0 Å².